The predicted octanol–water partition coefficient (Wildman–Crippen LogP) is -0.198. The SMILES string of the molecule is CCOC(=O)N1CCN(S(=O)(=O)N2CCCC(C(=O)O)C2)CC1. The van der Waals surface area contributed by atoms with E-state index in [-0.39, 0.29) is 39.3 Å². The highest BCUT2D eigenvalue weighted by Crippen LogP contribution is 2.22. The molecule has 0 aromatic heterocycles. The standard InChI is InChI=1S/C13H23N3O6S/c1-2-22-13(19)14-6-8-15(9-7-14)23(20,21)16-5-3-4-11(10-16)12(17)18/h11H,2-10H2,1H3,(H,17,18). The first-order valence-corrected chi connectivity index (χ1v) is 9.15. The Hall–Kier alpha value is -1.39. The fourth-order valence-electron chi connectivity index (χ4n) is 2.83. The Kier molecular flexibility index (Phi) is 5.82. The molecule has 2 saturated heterocycles. The maximum Gasteiger partial charge on any atom is 0.409 e. The van der Waals surface area contributed by atoms with Crippen LogP contribution in [0.5, 0.6) is 0 Å². The molecule has 0 aliphatic carbocycles. The number of carbonyl (C=O) groups is 2. The van der Waals surface area contributed by atoms with Gasteiger partial charge in [0.15, 0.2) is 0 Å². The summed E-state index contributed by atoms with van der Waals surface area (Å²) in [6, 6.07) is 0. The van der Waals surface area contributed by atoms with E-state index in [1.165, 1.54) is 13.5 Å². The van der Waals surface area contributed by atoms with Crippen LogP contribution in [0.1, 0.15) is 19.8 Å². The molecule has 2 fully saturated rings. The van der Waals surface area contributed by atoms with E-state index in [0.717, 1.165) is 0 Å². The highest BCUT2D eigenvalue weighted by Gasteiger charge is 2.37. The van der Waals surface area contributed by atoms with Crippen LogP contribution in [-0.2, 0) is 19.7 Å². The zero-order valence-corrected chi connectivity index (χ0v) is 14.0. The van der Waals surface area contributed by atoms with Gasteiger partial charge in [0.25, 0.3) is 10.2 Å². The Morgan fingerprint density at radius 3 is 2.35 bits per heavy atom. The Balaban J connectivity index is 1.96. The summed E-state index contributed by atoms with van der Waals surface area (Å²) in [5, 5.41) is 9.09. The number of hydrogen-bond acceptors (Lipinski definition) is 5. The minimum absolute atomic E-state index is 0.00968. The zero-order valence-electron chi connectivity index (χ0n) is 13.2. The normalized spacial score (nSPS) is 24.4. The molecule has 2 aliphatic heterocycles. The lowest BCUT2D eigenvalue weighted by atomic mass is 10.0. The van der Waals surface area contributed by atoms with E-state index in [4.69, 9.17) is 9.84 Å². The smallest absolute Gasteiger partial charge is 0.409 e. The molecule has 0 aromatic rings. The number of carbonyl (C=O) groups excluding carboxylic acids is 1. The molecule has 2 heterocycles. The lowest BCUT2D eigenvalue weighted by molar-refractivity contribution is -0.142. The van der Waals surface area contributed by atoms with E-state index >= 15 is 0 Å². The van der Waals surface area contributed by atoms with Crippen molar-refractivity contribution in [1.82, 2.24) is 13.5 Å². The predicted molar refractivity (Wildman–Crippen MR) is 81.0 cm³/mol. The molecule has 0 aromatic carbocycles. The van der Waals surface area contributed by atoms with Gasteiger partial charge in [-0.05, 0) is 19.8 Å². The van der Waals surface area contributed by atoms with Crippen LogP contribution in [0, 0.1) is 5.92 Å². The van der Waals surface area contributed by atoms with Gasteiger partial charge in [-0.2, -0.15) is 17.0 Å². The summed E-state index contributed by atoms with van der Waals surface area (Å²) in [7, 11) is -3.69. The second-order valence-corrected chi connectivity index (χ2v) is 7.56. The number of piperazine rings is 1. The molecule has 0 radical (unpaired) electrons. The highest BCUT2D eigenvalue weighted by atomic mass is 32.2. The summed E-state index contributed by atoms with van der Waals surface area (Å²) >= 11 is 0. The molecule has 23 heavy (non-hydrogen) atoms. The first-order chi connectivity index (χ1) is 10.9. The number of aliphatic carboxylic acids is 1. The summed E-state index contributed by atoms with van der Waals surface area (Å²) < 4.78 is 32.7. The van der Waals surface area contributed by atoms with E-state index in [9.17, 15) is 18.0 Å². The lowest BCUT2D eigenvalue weighted by Crippen LogP contribution is -2.56. The van der Waals surface area contributed by atoms with Gasteiger partial charge in [-0.1, -0.05) is 0 Å². The van der Waals surface area contributed by atoms with Crippen LogP contribution in [0.4, 0.5) is 4.79 Å². The number of nitrogens with zero attached hydrogens (tertiary/aromatic N) is 3. The number of rotatable bonds is 4. The Bertz CT molecular complexity index is 544. The van der Waals surface area contributed by atoms with E-state index in [2.05, 4.69) is 0 Å². The monoisotopic (exact) mass is 349 g/mol. The minimum Gasteiger partial charge on any atom is -0.481 e. The van der Waals surface area contributed by atoms with Crippen LogP contribution in [0.3, 0.4) is 0 Å². The van der Waals surface area contributed by atoms with Crippen molar-refractivity contribution in [3.05, 3.63) is 0 Å². The van der Waals surface area contributed by atoms with Gasteiger partial charge in [-0.15, -0.1) is 0 Å². The van der Waals surface area contributed by atoms with E-state index in [1.807, 2.05) is 0 Å². The van der Waals surface area contributed by atoms with Crippen LogP contribution >= 0.6 is 0 Å². The number of amides is 1. The molecule has 9 nitrogen and oxygen atoms in total. The van der Waals surface area contributed by atoms with Crippen LogP contribution in [-0.4, -0.2) is 85.0 Å². The Labute approximate surface area is 136 Å². The van der Waals surface area contributed by atoms with Gasteiger partial charge in [0.2, 0.25) is 0 Å². The molecular weight excluding hydrogens is 326 g/mol. The third-order valence-electron chi connectivity index (χ3n) is 4.15. The van der Waals surface area contributed by atoms with Crippen LogP contribution in [0.25, 0.3) is 0 Å². The van der Waals surface area contributed by atoms with Crippen molar-refractivity contribution in [1.29, 1.82) is 0 Å². The Morgan fingerprint density at radius 1 is 1.13 bits per heavy atom. The van der Waals surface area contributed by atoms with Crippen molar-refractivity contribution in [2.75, 3.05) is 45.9 Å². The number of ether oxygens (including phenoxy) is 1. The summed E-state index contributed by atoms with van der Waals surface area (Å²) in [6.45, 7) is 3.27. The number of carboxylic acid groups (broad SMARTS) is 1. The van der Waals surface area contributed by atoms with Crippen LogP contribution in [0.15, 0.2) is 0 Å². The minimum atomic E-state index is -3.69. The molecule has 2 aliphatic rings. The summed E-state index contributed by atoms with van der Waals surface area (Å²) in [5.74, 6) is -1.61. The van der Waals surface area contributed by atoms with Gasteiger partial charge < -0.3 is 14.7 Å². The summed E-state index contributed by atoms with van der Waals surface area (Å²) in [4.78, 5) is 24.2. The van der Waals surface area contributed by atoms with Crippen molar-refractivity contribution < 1.29 is 27.9 Å². The summed E-state index contributed by atoms with van der Waals surface area (Å²) in [6.07, 6.45) is 0.602. The van der Waals surface area contributed by atoms with Crippen LogP contribution < -0.4 is 0 Å². The first-order valence-electron chi connectivity index (χ1n) is 7.76. The Morgan fingerprint density at radius 2 is 1.78 bits per heavy atom. The van der Waals surface area contributed by atoms with Gasteiger partial charge in [0.05, 0.1) is 12.5 Å². The van der Waals surface area contributed by atoms with E-state index < -0.39 is 28.2 Å². The van der Waals surface area contributed by atoms with Gasteiger partial charge in [-0.3, -0.25) is 4.79 Å². The third kappa shape index (κ3) is 4.12. The maximum absolute atomic E-state index is 12.6. The van der Waals surface area contributed by atoms with Gasteiger partial charge in [0, 0.05) is 39.3 Å². The quantitative estimate of drug-likeness (QED) is 0.753. The molecule has 1 amide bonds. The number of carboxylic acids is 1. The molecule has 2 rings (SSSR count). The van der Waals surface area contributed by atoms with Gasteiger partial charge in [0.1, 0.15) is 0 Å². The summed E-state index contributed by atoms with van der Waals surface area (Å²) in [5.41, 5.74) is 0. The number of piperidine rings is 1. The largest absolute Gasteiger partial charge is 0.481 e. The van der Waals surface area contributed by atoms with Gasteiger partial charge in [-0.25, -0.2) is 4.79 Å². The topological polar surface area (TPSA) is 107 Å². The molecule has 1 atom stereocenters. The number of hydrogen-bond donors (Lipinski definition) is 1. The average molecular weight is 349 g/mol. The third-order valence-corrected chi connectivity index (χ3v) is 6.15. The molecule has 0 bridgehead atoms. The fourth-order valence-corrected chi connectivity index (χ4v) is 4.51. The first kappa shape index (κ1) is 18.0. The molecule has 0 saturated carbocycles. The lowest BCUT2D eigenvalue weighted by Gasteiger charge is -2.38. The molecular formula is C13H23N3O6S. The average Bonchev–Trinajstić information content (AvgIpc) is 2.55. The van der Waals surface area contributed by atoms with Crippen molar-refractivity contribution >= 4 is 22.3 Å². The molecule has 132 valence electrons. The zero-order chi connectivity index (χ0) is 17.0. The van der Waals surface area contributed by atoms with Crippen molar-refractivity contribution in [2.24, 2.45) is 5.92 Å². The van der Waals surface area contributed by atoms with Crippen molar-refractivity contribution in [3.63, 3.8) is 0 Å². The molecule has 10 heteroatoms. The van der Waals surface area contributed by atoms with Crippen molar-refractivity contribution in [3.8, 4) is 0 Å². The second kappa shape index (κ2) is 7.45. The maximum atomic E-state index is 12.6. The van der Waals surface area contributed by atoms with Gasteiger partial charge >= 0.3 is 12.1 Å². The van der Waals surface area contributed by atoms with E-state index in [0.29, 0.717) is 19.4 Å². The van der Waals surface area contributed by atoms with Crippen molar-refractivity contribution in [2.45, 2.75) is 19.8 Å². The van der Waals surface area contributed by atoms with Crippen LogP contribution in [0.2, 0.25) is 0 Å². The van der Waals surface area contributed by atoms with E-state index in [1.54, 1.807) is 6.92 Å². The molecule has 1 unspecified atom stereocenters. The molecule has 1 N–H and O–H groups in total. The molecule has 0 spiro atoms. The second-order valence-electron chi connectivity index (χ2n) is 5.63. The fraction of sp³-hybridized carbons (Fsp3) is 0.846. The highest BCUT2D eigenvalue weighted by molar-refractivity contribution is 7.86.